The minimum Gasteiger partial charge on any atom is -0.340 e. The van der Waals surface area contributed by atoms with E-state index in [1.807, 2.05) is 0 Å². The molecule has 0 N–H and O–H groups in total. The fourth-order valence-corrected chi connectivity index (χ4v) is 2.58. The fourth-order valence-electron chi connectivity index (χ4n) is 2.36. The van der Waals surface area contributed by atoms with Crippen molar-refractivity contribution in [3.8, 4) is 6.07 Å². The van der Waals surface area contributed by atoms with Gasteiger partial charge in [0.15, 0.2) is 0 Å². The van der Waals surface area contributed by atoms with E-state index < -0.39 is 29.5 Å². The zero-order chi connectivity index (χ0) is 19.4. The van der Waals surface area contributed by atoms with Gasteiger partial charge in [-0.25, -0.2) is 13.8 Å². The summed E-state index contributed by atoms with van der Waals surface area (Å²) in [5.41, 5.74) is -1.64. The maximum absolute atomic E-state index is 13.9. The van der Waals surface area contributed by atoms with Crippen molar-refractivity contribution in [2.45, 2.75) is 26.6 Å². The van der Waals surface area contributed by atoms with Crippen LogP contribution in [0.4, 0.5) is 4.39 Å². The van der Waals surface area contributed by atoms with Crippen molar-refractivity contribution < 1.29 is 9.18 Å². The summed E-state index contributed by atoms with van der Waals surface area (Å²) in [5.74, 6) is -1.16. The van der Waals surface area contributed by atoms with E-state index in [2.05, 4.69) is 0 Å². The first-order valence-electron chi connectivity index (χ1n) is 7.71. The van der Waals surface area contributed by atoms with E-state index in [-0.39, 0.29) is 29.2 Å². The first-order valence-corrected chi connectivity index (χ1v) is 8.09. The number of rotatable bonds is 5. The molecule has 0 fully saturated rings. The second-order valence-corrected chi connectivity index (χ2v) is 5.97. The van der Waals surface area contributed by atoms with Crippen molar-refractivity contribution in [1.29, 1.82) is 5.26 Å². The standard InChI is InChI=1S/C17H16ClFN4O3/c1-3-22-8-11(7-20)16(25)23(17(22)26)10-15(24)21(2)9-12-13(18)5-4-6-14(12)19/h4-6,8H,3,9-10H2,1-2H3. The Balaban J connectivity index is 2.32. The molecular formula is C17H16ClFN4O3. The number of benzene rings is 1. The van der Waals surface area contributed by atoms with Gasteiger partial charge in [-0.05, 0) is 19.1 Å². The van der Waals surface area contributed by atoms with Crippen LogP contribution in [0.3, 0.4) is 0 Å². The quantitative estimate of drug-likeness (QED) is 0.785. The lowest BCUT2D eigenvalue weighted by atomic mass is 10.2. The van der Waals surface area contributed by atoms with Gasteiger partial charge in [0, 0.05) is 36.9 Å². The molecule has 0 atom stereocenters. The molecule has 1 aromatic carbocycles. The molecule has 2 aromatic rings. The highest BCUT2D eigenvalue weighted by molar-refractivity contribution is 6.31. The molecule has 26 heavy (non-hydrogen) atoms. The van der Waals surface area contributed by atoms with Crippen molar-refractivity contribution in [1.82, 2.24) is 14.0 Å². The van der Waals surface area contributed by atoms with E-state index in [4.69, 9.17) is 16.9 Å². The molecule has 1 amide bonds. The molecule has 0 spiro atoms. The van der Waals surface area contributed by atoms with Crippen LogP contribution in [-0.4, -0.2) is 27.0 Å². The predicted octanol–water partition coefficient (Wildman–Crippen LogP) is 1.35. The third kappa shape index (κ3) is 3.83. The highest BCUT2D eigenvalue weighted by atomic mass is 35.5. The van der Waals surface area contributed by atoms with Crippen LogP contribution in [-0.2, 0) is 24.4 Å². The number of carbonyl (C=O) groups is 1. The van der Waals surface area contributed by atoms with Gasteiger partial charge in [-0.3, -0.25) is 14.2 Å². The van der Waals surface area contributed by atoms with Crippen LogP contribution in [0.1, 0.15) is 18.1 Å². The van der Waals surface area contributed by atoms with Gasteiger partial charge < -0.3 is 4.90 Å². The molecule has 0 saturated carbocycles. The molecule has 0 radical (unpaired) electrons. The highest BCUT2D eigenvalue weighted by Gasteiger charge is 2.18. The summed E-state index contributed by atoms with van der Waals surface area (Å²) in [5, 5.41) is 9.19. The number of halogens is 2. The van der Waals surface area contributed by atoms with Crippen LogP contribution in [0, 0.1) is 17.1 Å². The van der Waals surface area contributed by atoms with E-state index in [9.17, 15) is 18.8 Å². The molecule has 0 aliphatic heterocycles. The Bertz CT molecular complexity index is 986. The Morgan fingerprint density at radius 3 is 2.65 bits per heavy atom. The number of nitrogens with zero attached hydrogens (tertiary/aromatic N) is 4. The molecule has 9 heteroatoms. The van der Waals surface area contributed by atoms with Gasteiger partial charge in [0.05, 0.1) is 0 Å². The van der Waals surface area contributed by atoms with Crippen molar-refractivity contribution in [2.24, 2.45) is 0 Å². The molecular weight excluding hydrogens is 363 g/mol. The number of aromatic nitrogens is 2. The lowest BCUT2D eigenvalue weighted by molar-refractivity contribution is -0.131. The van der Waals surface area contributed by atoms with Crippen molar-refractivity contribution in [2.75, 3.05) is 7.05 Å². The summed E-state index contributed by atoms with van der Waals surface area (Å²) >= 11 is 5.95. The third-order valence-corrected chi connectivity index (χ3v) is 4.23. The summed E-state index contributed by atoms with van der Waals surface area (Å²) in [6.07, 6.45) is 1.16. The van der Waals surface area contributed by atoms with Gasteiger partial charge in [0.25, 0.3) is 5.56 Å². The minimum absolute atomic E-state index is 0.126. The first kappa shape index (κ1) is 19.4. The number of hydrogen-bond donors (Lipinski definition) is 0. The molecule has 7 nitrogen and oxygen atoms in total. The van der Waals surface area contributed by atoms with E-state index in [0.29, 0.717) is 4.57 Å². The van der Waals surface area contributed by atoms with E-state index >= 15 is 0 Å². The molecule has 1 aromatic heterocycles. The molecule has 0 aliphatic rings. The van der Waals surface area contributed by atoms with Crippen molar-refractivity contribution >= 4 is 17.5 Å². The number of amides is 1. The Labute approximate surface area is 153 Å². The zero-order valence-electron chi connectivity index (χ0n) is 14.2. The highest BCUT2D eigenvalue weighted by Crippen LogP contribution is 2.20. The minimum atomic E-state index is -0.840. The van der Waals surface area contributed by atoms with Crippen LogP contribution in [0.15, 0.2) is 34.0 Å². The van der Waals surface area contributed by atoms with Crippen LogP contribution < -0.4 is 11.2 Å². The SMILES string of the molecule is CCn1cc(C#N)c(=O)n(CC(=O)N(C)Cc2c(F)cccc2Cl)c1=O. The Morgan fingerprint density at radius 2 is 2.08 bits per heavy atom. The summed E-state index contributed by atoms with van der Waals surface area (Å²) in [6, 6.07) is 5.88. The number of aryl methyl sites for hydroxylation is 1. The topological polar surface area (TPSA) is 88.1 Å². The third-order valence-electron chi connectivity index (χ3n) is 3.87. The first-order chi connectivity index (χ1) is 12.3. The van der Waals surface area contributed by atoms with Gasteiger partial charge in [0.2, 0.25) is 5.91 Å². The summed E-state index contributed by atoms with van der Waals surface area (Å²) in [7, 11) is 1.41. The zero-order valence-corrected chi connectivity index (χ0v) is 15.0. The lowest BCUT2D eigenvalue weighted by Gasteiger charge is -2.19. The number of hydrogen-bond acceptors (Lipinski definition) is 4. The second kappa shape index (κ2) is 7.97. The number of nitriles is 1. The summed E-state index contributed by atoms with van der Waals surface area (Å²) in [6.45, 7) is 1.23. The molecule has 0 aliphatic carbocycles. The number of carbonyl (C=O) groups excluding carboxylic acids is 1. The molecule has 2 rings (SSSR count). The fraction of sp³-hybridized carbons (Fsp3) is 0.294. The maximum Gasteiger partial charge on any atom is 0.331 e. The Hall–Kier alpha value is -2.92. The summed E-state index contributed by atoms with van der Waals surface area (Å²) in [4.78, 5) is 38.0. The van der Waals surface area contributed by atoms with Crippen LogP contribution in [0.5, 0.6) is 0 Å². The average molecular weight is 379 g/mol. The van der Waals surface area contributed by atoms with Crippen LogP contribution in [0.25, 0.3) is 0 Å². The van der Waals surface area contributed by atoms with Crippen molar-refractivity contribution in [3.05, 3.63) is 67.2 Å². The van der Waals surface area contributed by atoms with Crippen LogP contribution in [0.2, 0.25) is 5.02 Å². The van der Waals surface area contributed by atoms with Crippen LogP contribution >= 0.6 is 11.6 Å². The van der Waals surface area contributed by atoms with Gasteiger partial charge in [-0.1, -0.05) is 17.7 Å². The average Bonchev–Trinajstić information content (AvgIpc) is 2.61. The predicted molar refractivity (Wildman–Crippen MR) is 93.2 cm³/mol. The molecule has 1 heterocycles. The maximum atomic E-state index is 13.9. The van der Waals surface area contributed by atoms with Gasteiger partial charge in [-0.15, -0.1) is 0 Å². The van der Waals surface area contributed by atoms with Gasteiger partial charge in [0.1, 0.15) is 24.0 Å². The van der Waals surface area contributed by atoms with E-state index in [0.717, 1.165) is 11.1 Å². The molecule has 0 unspecified atom stereocenters. The normalized spacial score (nSPS) is 10.4. The molecule has 0 saturated heterocycles. The molecule has 0 bridgehead atoms. The van der Waals surface area contributed by atoms with E-state index in [1.165, 1.54) is 29.8 Å². The monoisotopic (exact) mass is 378 g/mol. The molecule has 136 valence electrons. The second-order valence-electron chi connectivity index (χ2n) is 5.56. The largest absolute Gasteiger partial charge is 0.340 e. The van der Waals surface area contributed by atoms with Gasteiger partial charge in [-0.2, -0.15) is 5.26 Å². The Morgan fingerprint density at radius 1 is 1.38 bits per heavy atom. The van der Waals surface area contributed by atoms with Gasteiger partial charge >= 0.3 is 5.69 Å². The Kier molecular flexibility index (Phi) is 5.95. The van der Waals surface area contributed by atoms with E-state index in [1.54, 1.807) is 13.0 Å². The summed E-state index contributed by atoms with van der Waals surface area (Å²) < 4.78 is 15.7. The lowest BCUT2D eigenvalue weighted by Crippen LogP contribution is -2.44. The number of likely N-dealkylation sites (N-methyl/N-ethyl adjacent to an activating group) is 1. The smallest absolute Gasteiger partial charge is 0.331 e. The van der Waals surface area contributed by atoms with Crippen molar-refractivity contribution in [3.63, 3.8) is 0 Å².